The molecule has 0 heterocycles. The van der Waals surface area contributed by atoms with Crippen LogP contribution in [0.15, 0.2) is 23.1 Å². The Hall–Kier alpha value is -1.60. The third kappa shape index (κ3) is 3.03. The van der Waals surface area contributed by atoms with Gasteiger partial charge in [-0.2, -0.15) is 4.31 Å². The summed E-state index contributed by atoms with van der Waals surface area (Å²) in [5, 5.41) is 9.20. The molecule has 1 N–H and O–H groups in total. The maximum atomic E-state index is 12.5. The molecule has 0 atom stereocenters. The zero-order valence-electron chi connectivity index (χ0n) is 12.1. The largest absolute Gasteiger partial charge is 0.493 e. The predicted octanol–water partition coefficient (Wildman–Crippen LogP) is 1.96. The SMILES string of the molecule is CCOc1ccc(S(=O)(=O)N(C)C2CCC2)cc1C(=O)O. The molecule has 116 valence electrons. The summed E-state index contributed by atoms with van der Waals surface area (Å²) in [5.41, 5.74) is -0.139. The number of hydrogen-bond donors (Lipinski definition) is 1. The number of carboxylic acid groups (broad SMARTS) is 1. The number of aromatic carboxylic acids is 1. The van der Waals surface area contributed by atoms with Crippen molar-refractivity contribution < 1.29 is 23.1 Å². The van der Waals surface area contributed by atoms with Gasteiger partial charge in [0.1, 0.15) is 11.3 Å². The molecule has 0 unspecified atom stereocenters. The lowest BCUT2D eigenvalue weighted by Gasteiger charge is -2.33. The Labute approximate surface area is 124 Å². The minimum absolute atomic E-state index is 0.00912. The number of carboxylic acids is 1. The van der Waals surface area contributed by atoms with E-state index in [1.54, 1.807) is 6.92 Å². The molecule has 0 radical (unpaired) electrons. The normalized spacial score (nSPS) is 15.8. The first-order valence-electron chi connectivity index (χ1n) is 6.86. The number of ether oxygens (including phenoxy) is 1. The zero-order chi connectivity index (χ0) is 15.6. The minimum atomic E-state index is -3.67. The fourth-order valence-corrected chi connectivity index (χ4v) is 3.67. The van der Waals surface area contributed by atoms with Crippen molar-refractivity contribution in [2.75, 3.05) is 13.7 Å². The highest BCUT2D eigenvalue weighted by Gasteiger charge is 2.32. The van der Waals surface area contributed by atoms with Crippen molar-refractivity contribution in [3.63, 3.8) is 0 Å². The van der Waals surface area contributed by atoms with E-state index >= 15 is 0 Å². The Kier molecular flexibility index (Phi) is 4.53. The summed E-state index contributed by atoms with van der Waals surface area (Å²) in [4.78, 5) is 11.2. The number of sulfonamides is 1. The molecular weight excluding hydrogens is 294 g/mol. The van der Waals surface area contributed by atoms with Crippen LogP contribution in [0.25, 0.3) is 0 Å². The molecular formula is C14H19NO5S. The van der Waals surface area contributed by atoms with Gasteiger partial charge in [0.05, 0.1) is 11.5 Å². The van der Waals surface area contributed by atoms with Crippen LogP contribution in [-0.4, -0.2) is 43.5 Å². The van der Waals surface area contributed by atoms with E-state index in [0.29, 0.717) is 6.61 Å². The van der Waals surface area contributed by atoms with Crippen molar-refractivity contribution in [2.24, 2.45) is 0 Å². The predicted molar refractivity (Wildman–Crippen MR) is 77.2 cm³/mol. The van der Waals surface area contributed by atoms with E-state index in [4.69, 9.17) is 4.74 Å². The number of nitrogens with zero attached hydrogens (tertiary/aromatic N) is 1. The van der Waals surface area contributed by atoms with E-state index in [9.17, 15) is 18.3 Å². The fraction of sp³-hybridized carbons (Fsp3) is 0.500. The molecule has 1 aliphatic rings. The summed E-state index contributed by atoms with van der Waals surface area (Å²) in [7, 11) is -2.13. The van der Waals surface area contributed by atoms with Crippen molar-refractivity contribution in [3.8, 4) is 5.75 Å². The van der Waals surface area contributed by atoms with Gasteiger partial charge in [-0.3, -0.25) is 0 Å². The lowest BCUT2D eigenvalue weighted by Crippen LogP contribution is -2.41. The number of rotatable bonds is 6. The molecule has 7 heteroatoms. The number of benzene rings is 1. The van der Waals surface area contributed by atoms with Gasteiger partial charge in [0, 0.05) is 13.1 Å². The zero-order valence-corrected chi connectivity index (χ0v) is 12.9. The highest BCUT2D eigenvalue weighted by molar-refractivity contribution is 7.89. The molecule has 0 aromatic heterocycles. The van der Waals surface area contributed by atoms with Crippen LogP contribution in [0, 0.1) is 0 Å². The standard InChI is InChI=1S/C14H19NO5S/c1-3-20-13-8-7-11(9-12(13)14(16)17)21(18,19)15(2)10-5-4-6-10/h7-10H,3-6H2,1-2H3,(H,16,17). The van der Waals surface area contributed by atoms with Crippen LogP contribution >= 0.6 is 0 Å². The van der Waals surface area contributed by atoms with Crippen LogP contribution in [0.2, 0.25) is 0 Å². The Morgan fingerprint density at radius 2 is 2.10 bits per heavy atom. The lowest BCUT2D eigenvalue weighted by molar-refractivity contribution is 0.0692. The van der Waals surface area contributed by atoms with Gasteiger partial charge in [-0.15, -0.1) is 0 Å². The molecule has 21 heavy (non-hydrogen) atoms. The fourth-order valence-electron chi connectivity index (χ4n) is 2.23. The van der Waals surface area contributed by atoms with Gasteiger partial charge in [-0.05, 0) is 38.0 Å². The van der Waals surface area contributed by atoms with Crippen LogP contribution in [0.5, 0.6) is 5.75 Å². The van der Waals surface area contributed by atoms with Crippen molar-refractivity contribution in [3.05, 3.63) is 23.8 Å². The number of hydrogen-bond acceptors (Lipinski definition) is 4. The molecule has 0 bridgehead atoms. The van der Waals surface area contributed by atoms with E-state index < -0.39 is 16.0 Å². The average Bonchev–Trinajstić information content (AvgIpc) is 2.37. The van der Waals surface area contributed by atoms with E-state index in [-0.39, 0.29) is 22.3 Å². The first-order valence-corrected chi connectivity index (χ1v) is 8.30. The Morgan fingerprint density at radius 1 is 1.43 bits per heavy atom. The summed E-state index contributed by atoms with van der Waals surface area (Å²) in [6, 6.07) is 3.96. The monoisotopic (exact) mass is 313 g/mol. The molecule has 6 nitrogen and oxygen atoms in total. The van der Waals surface area contributed by atoms with Crippen molar-refractivity contribution in [2.45, 2.75) is 37.1 Å². The van der Waals surface area contributed by atoms with E-state index in [1.807, 2.05) is 0 Å². The second kappa shape index (κ2) is 6.03. The second-order valence-corrected chi connectivity index (χ2v) is 7.00. The first kappa shape index (κ1) is 15.8. The summed E-state index contributed by atoms with van der Waals surface area (Å²) in [5.74, 6) is -1.03. The summed E-state index contributed by atoms with van der Waals surface area (Å²) in [6.07, 6.45) is 2.71. The van der Waals surface area contributed by atoms with Gasteiger partial charge in [0.15, 0.2) is 0 Å². The third-order valence-electron chi connectivity index (χ3n) is 3.75. The van der Waals surface area contributed by atoms with Crippen LogP contribution in [0.4, 0.5) is 0 Å². The molecule has 2 rings (SSSR count). The Morgan fingerprint density at radius 3 is 2.57 bits per heavy atom. The minimum Gasteiger partial charge on any atom is -0.493 e. The average molecular weight is 313 g/mol. The molecule has 0 aliphatic heterocycles. The van der Waals surface area contributed by atoms with Gasteiger partial charge in [-0.1, -0.05) is 6.42 Å². The van der Waals surface area contributed by atoms with Gasteiger partial charge in [0.25, 0.3) is 0 Å². The topological polar surface area (TPSA) is 83.9 Å². The summed E-state index contributed by atoms with van der Waals surface area (Å²) >= 11 is 0. The third-order valence-corrected chi connectivity index (χ3v) is 5.65. The Balaban J connectivity index is 2.39. The van der Waals surface area contributed by atoms with Crippen molar-refractivity contribution >= 4 is 16.0 Å². The van der Waals surface area contributed by atoms with E-state index in [2.05, 4.69) is 0 Å². The van der Waals surface area contributed by atoms with Crippen molar-refractivity contribution in [1.82, 2.24) is 4.31 Å². The molecule has 1 saturated carbocycles. The lowest BCUT2D eigenvalue weighted by atomic mass is 9.94. The molecule has 0 spiro atoms. The van der Waals surface area contributed by atoms with E-state index in [0.717, 1.165) is 25.3 Å². The van der Waals surface area contributed by atoms with Crippen LogP contribution in [0.3, 0.4) is 0 Å². The molecule has 1 fully saturated rings. The van der Waals surface area contributed by atoms with E-state index in [1.165, 1.54) is 23.5 Å². The number of carbonyl (C=O) groups is 1. The van der Waals surface area contributed by atoms with Crippen LogP contribution in [-0.2, 0) is 10.0 Å². The molecule has 0 saturated heterocycles. The summed E-state index contributed by atoms with van der Waals surface area (Å²) in [6.45, 7) is 2.05. The highest BCUT2D eigenvalue weighted by Crippen LogP contribution is 2.30. The molecule has 1 aromatic carbocycles. The van der Waals surface area contributed by atoms with Gasteiger partial charge in [-0.25, -0.2) is 13.2 Å². The van der Waals surface area contributed by atoms with Crippen LogP contribution < -0.4 is 4.74 Å². The van der Waals surface area contributed by atoms with Crippen molar-refractivity contribution in [1.29, 1.82) is 0 Å². The van der Waals surface area contributed by atoms with Crippen LogP contribution in [0.1, 0.15) is 36.5 Å². The second-order valence-electron chi connectivity index (χ2n) is 5.00. The smallest absolute Gasteiger partial charge is 0.339 e. The maximum absolute atomic E-state index is 12.5. The van der Waals surface area contributed by atoms with Gasteiger partial charge < -0.3 is 9.84 Å². The quantitative estimate of drug-likeness (QED) is 0.868. The molecule has 1 aliphatic carbocycles. The first-order chi connectivity index (χ1) is 9.87. The van der Waals surface area contributed by atoms with Gasteiger partial charge >= 0.3 is 5.97 Å². The maximum Gasteiger partial charge on any atom is 0.339 e. The Bertz CT molecular complexity index is 637. The molecule has 1 aromatic rings. The highest BCUT2D eigenvalue weighted by atomic mass is 32.2. The molecule has 0 amide bonds. The summed E-state index contributed by atoms with van der Waals surface area (Å²) < 4.78 is 31.6. The van der Waals surface area contributed by atoms with Gasteiger partial charge in [0.2, 0.25) is 10.0 Å².